The number of rotatable bonds is 6. The van der Waals surface area contributed by atoms with Gasteiger partial charge in [0.25, 0.3) is 0 Å². The smallest absolute Gasteiger partial charge is 0.0974 e. The van der Waals surface area contributed by atoms with Crippen molar-refractivity contribution in [3.63, 3.8) is 0 Å². The molecule has 0 aliphatic carbocycles. The van der Waals surface area contributed by atoms with Gasteiger partial charge in [0, 0.05) is 34.0 Å². The Hall–Kier alpha value is -5.08. The SMILES string of the molecule is Cc1cccc(C(C)c2cc(-c3ccccc3)c3ccc4c(-c5ccccc5)cc(C(C)c5cccc(C)c5)nc4c3n2)c1. The second-order valence-electron chi connectivity index (χ2n) is 12.1. The van der Waals surface area contributed by atoms with Crippen LogP contribution < -0.4 is 0 Å². The van der Waals surface area contributed by atoms with Crippen molar-refractivity contribution in [1.29, 1.82) is 0 Å². The standard InChI is InChI=1S/C42H36N2/c1-27-13-11-19-33(23-27)29(3)39-25-37(31-15-7-5-8-16-31)35-21-22-36-38(32-17-9-6-10-18-32)26-40(44-42(36)41(35)43-39)30(4)34-20-12-14-28(2)24-34/h5-26,29-30H,1-4H3. The number of benzene rings is 5. The van der Waals surface area contributed by atoms with E-state index in [4.69, 9.17) is 9.97 Å². The second-order valence-corrected chi connectivity index (χ2v) is 12.1. The van der Waals surface area contributed by atoms with Gasteiger partial charge in [-0.15, -0.1) is 0 Å². The first-order valence-corrected chi connectivity index (χ1v) is 15.5. The first-order chi connectivity index (χ1) is 21.5. The normalized spacial score (nSPS) is 12.8. The lowest BCUT2D eigenvalue weighted by Crippen LogP contribution is -2.04. The Balaban J connectivity index is 1.55. The van der Waals surface area contributed by atoms with E-state index >= 15 is 0 Å². The van der Waals surface area contributed by atoms with Crippen LogP contribution in [0.25, 0.3) is 44.1 Å². The van der Waals surface area contributed by atoms with Gasteiger partial charge in [-0.25, -0.2) is 9.97 Å². The van der Waals surface area contributed by atoms with Crippen LogP contribution in [0.4, 0.5) is 0 Å². The van der Waals surface area contributed by atoms with Gasteiger partial charge in [0.15, 0.2) is 0 Å². The fourth-order valence-corrected chi connectivity index (χ4v) is 6.39. The molecule has 0 aliphatic rings. The van der Waals surface area contributed by atoms with Gasteiger partial charge >= 0.3 is 0 Å². The first-order valence-electron chi connectivity index (χ1n) is 15.5. The van der Waals surface area contributed by atoms with Gasteiger partial charge in [-0.05, 0) is 59.4 Å². The number of nitrogens with zero attached hydrogens (tertiary/aromatic N) is 2. The summed E-state index contributed by atoms with van der Waals surface area (Å²) in [6.07, 6.45) is 0. The molecule has 0 saturated heterocycles. The number of aryl methyl sites for hydroxylation is 2. The van der Waals surface area contributed by atoms with Crippen LogP contribution >= 0.6 is 0 Å². The third-order valence-electron chi connectivity index (χ3n) is 8.94. The van der Waals surface area contributed by atoms with E-state index < -0.39 is 0 Å². The lowest BCUT2D eigenvalue weighted by Gasteiger charge is -2.19. The van der Waals surface area contributed by atoms with E-state index in [9.17, 15) is 0 Å². The Labute approximate surface area is 260 Å². The Morgan fingerprint density at radius 1 is 0.432 bits per heavy atom. The zero-order chi connectivity index (χ0) is 30.2. The molecule has 2 atom stereocenters. The van der Waals surface area contributed by atoms with Gasteiger partial charge in [-0.2, -0.15) is 0 Å². The van der Waals surface area contributed by atoms with Gasteiger partial charge in [0.1, 0.15) is 0 Å². The molecule has 5 aromatic carbocycles. The van der Waals surface area contributed by atoms with E-state index in [1.54, 1.807) is 0 Å². The molecule has 0 saturated carbocycles. The lowest BCUT2D eigenvalue weighted by molar-refractivity contribution is 0.874. The van der Waals surface area contributed by atoms with Crippen molar-refractivity contribution in [1.82, 2.24) is 9.97 Å². The summed E-state index contributed by atoms with van der Waals surface area (Å²) in [5.74, 6) is 0.250. The van der Waals surface area contributed by atoms with Gasteiger partial charge in [0.05, 0.1) is 11.0 Å². The van der Waals surface area contributed by atoms with E-state index in [0.29, 0.717) is 0 Å². The molecule has 0 amide bonds. The Morgan fingerprint density at radius 2 is 0.841 bits per heavy atom. The van der Waals surface area contributed by atoms with Crippen LogP contribution in [0, 0.1) is 13.8 Å². The Bertz CT molecular complexity index is 1960. The summed E-state index contributed by atoms with van der Waals surface area (Å²) in [6.45, 7) is 8.83. The molecule has 0 bridgehead atoms. The van der Waals surface area contributed by atoms with Crippen molar-refractivity contribution < 1.29 is 0 Å². The maximum absolute atomic E-state index is 5.46. The number of fused-ring (bicyclic) bond motifs is 3. The molecule has 2 aromatic heterocycles. The summed E-state index contributed by atoms with van der Waals surface area (Å²) in [5, 5.41) is 2.24. The quantitative estimate of drug-likeness (QED) is 0.186. The van der Waals surface area contributed by atoms with Crippen LogP contribution in [0.5, 0.6) is 0 Å². The van der Waals surface area contributed by atoms with Gasteiger partial charge in [-0.1, -0.05) is 146 Å². The van der Waals surface area contributed by atoms with Crippen LogP contribution in [0.1, 0.15) is 59.3 Å². The van der Waals surface area contributed by atoms with E-state index in [0.717, 1.165) is 33.2 Å². The molecule has 2 heterocycles. The first kappa shape index (κ1) is 27.7. The van der Waals surface area contributed by atoms with Crippen molar-refractivity contribution in [2.45, 2.75) is 39.5 Å². The lowest BCUT2D eigenvalue weighted by atomic mass is 9.90. The minimum Gasteiger partial charge on any atom is -0.250 e. The molecule has 2 nitrogen and oxygen atoms in total. The van der Waals surface area contributed by atoms with E-state index in [1.165, 1.54) is 44.5 Å². The molecule has 0 N–H and O–H groups in total. The highest BCUT2D eigenvalue weighted by Gasteiger charge is 2.20. The average molecular weight is 569 g/mol. The molecule has 44 heavy (non-hydrogen) atoms. The predicted molar refractivity (Wildman–Crippen MR) is 185 cm³/mol. The summed E-state index contributed by atoms with van der Waals surface area (Å²) in [4.78, 5) is 10.9. The summed E-state index contributed by atoms with van der Waals surface area (Å²) < 4.78 is 0. The molecule has 0 spiro atoms. The van der Waals surface area contributed by atoms with Crippen molar-refractivity contribution in [2.24, 2.45) is 0 Å². The molecule has 7 aromatic rings. The minimum atomic E-state index is 0.125. The molecule has 2 unspecified atom stereocenters. The maximum Gasteiger partial charge on any atom is 0.0974 e. The molecule has 7 rings (SSSR count). The maximum atomic E-state index is 5.46. The van der Waals surface area contributed by atoms with Crippen LogP contribution in [0.3, 0.4) is 0 Å². The number of hydrogen-bond acceptors (Lipinski definition) is 2. The van der Waals surface area contributed by atoms with E-state index in [-0.39, 0.29) is 11.8 Å². The van der Waals surface area contributed by atoms with Crippen molar-refractivity contribution in [3.8, 4) is 22.3 Å². The Kier molecular flexibility index (Phi) is 7.28. The number of pyridine rings is 2. The van der Waals surface area contributed by atoms with Gasteiger partial charge in [-0.3, -0.25) is 0 Å². The third kappa shape index (κ3) is 5.18. The van der Waals surface area contributed by atoms with E-state index in [1.807, 2.05) is 0 Å². The minimum absolute atomic E-state index is 0.125. The van der Waals surface area contributed by atoms with Crippen LogP contribution in [-0.2, 0) is 0 Å². The third-order valence-corrected chi connectivity index (χ3v) is 8.94. The Morgan fingerprint density at radius 3 is 1.23 bits per heavy atom. The molecular weight excluding hydrogens is 532 g/mol. The fourth-order valence-electron chi connectivity index (χ4n) is 6.39. The summed E-state index contributed by atoms with van der Waals surface area (Å²) in [6, 6.07) is 48.0. The monoisotopic (exact) mass is 568 g/mol. The van der Waals surface area contributed by atoms with Gasteiger partial charge < -0.3 is 0 Å². The van der Waals surface area contributed by atoms with Crippen molar-refractivity contribution >= 4 is 21.8 Å². The highest BCUT2D eigenvalue weighted by Crippen LogP contribution is 2.39. The zero-order valence-electron chi connectivity index (χ0n) is 25.8. The molecule has 0 fully saturated rings. The summed E-state index contributed by atoms with van der Waals surface area (Å²) in [5.41, 5.74) is 13.8. The fraction of sp³-hybridized carbons (Fsp3) is 0.143. The van der Waals surface area contributed by atoms with Crippen molar-refractivity contribution in [2.75, 3.05) is 0 Å². The van der Waals surface area contributed by atoms with Crippen LogP contribution in [0.15, 0.2) is 133 Å². The highest BCUT2D eigenvalue weighted by atomic mass is 14.8. The topological polar surface area (TPSA) is 25.8 Å². The molecule has 2 heteroatoms. The van der Waals surface area contributed by atoms with E-state index in [2.05, 4.69) is 161 Å². The number of hydrogen-bond donors (Lipinski definition) is 0. The summed E-state index contributed by atoms with van der Waals surface area (Å²) >= 11 is 0. The molecule has 0 radical (unpaired) electrons. The number of aromatic nitrogens is 2. The van der Waals surface area contributed by atoms with Crippen LogP contribution in [0.2, 0.25) is 0 Å². The van der Waals surface area contributed by atoms with Crippen LogP contribution in [-0.4, -0.2) is 9.97 Å². The molecule has 214 valence electrons. The summed E-state index contributed by atoms with van der Waals surface area (Å²) in [7, 11) is 0. The molecular formula is C42H36N2. The second kappa shape index (κ2) is 11.5. The average Bonchev–Trinajstić information content (AvgIpc) is 3.07. The zero-order valence-corrected chi connectivity index (χ0v) is 25.8. The largest absolute Gasteiger partial charge is 0.250 e. The van der Waals surface area contributed by atoms with Gasteiger partial charge in [0.2, 0.25) is 0 Å². The molecule has 0 aliphatic heterocycles. The predicted octanol–water partition coefficient (Wildman–Crippen LogP) is 11.0. The highest BCUT2D eigenvalue weighted by molar-refractivity contribution is 6.12. The van der Waals surface area contributed by atoms with Crippen molar-refractivity contribution in [3.05, 3.63) is 167 Å².